The third-order valence-electron chi connectivity index (χ3n) is 2.75. The first-order valence-corrected chi connectivity index (χ1v) is 6.86. The number of rotatable bonds is 6. The zero-order valence-corrected chi connectivity index (χ0v) is 13.1. The number of alkyl halides is 3. The van der Waals surface area contributed by atoms with Crippen LogP contribution in [0.1, 0.15) is 24.9 Å². The second-order valence-corrected chi connectivity index (χ2v) is 4.93. The first-order chi connectivity index (χ1) is 9.36. The van der Waals surface area contributed by atoms with Crippen LogP contribution in [0, 0.1) is 0 Å². The lowest BCUT2D eigenvalue weighted by molar-refractivity contribution is -0.158. The van der Waals surface area contributed by atoms with E-state index in [0.717, 1.165) is 0 Å². The Labute approximate surface area is 124 Å². The predicted octanol–water partition coefficient (Wildman–Crippen LogP) is 4.07. The summed E-state index contributed by atoms with van der Waals surface area (Å²) in [6.45, 7) is 2.07. The van der Waals surface area contributed by atoms with Crippen LogP contribution in [0.3, 0.4) is 0 Å². The molecule has 0 aliphatic rings. The van der Waals surface area contributed by atoms with E-state index in [9.17, 15) is 13.2 Å². The lowest BCUT2D eigenvalue weighted by atomic mass is 10.0. The van der Waals surface area contributed by atoms with Crippen LogP contribution in [0.5, 0.6) is 11.5 Å². The zero-order valence-electron chi connectivity index (χ0n) is 11.5. The molecule has 0 aromatic heterocycles. The van der Waals surface area contributed by atoms with Crippen LogP contribution in [0.2, 0.25) is 0 Å². The molecule has 3 nitrogen and oxygen atoms in total. The molecule has 0 spiro atoms. The quantitative estimate of drug-likeness (QED) is 0.834. The number of halogens is 4. The highest BCUT2D eigenvalue weighted by molar-refractivity contribution is 9.10. The van der Waals surface area contributed by atoms with Gasteiger partial charge in [-0.05, 0) is 41.0 Å². The lowest BCUT2D eigenvalue weighted by Gasteiger charge is -2.24. The molecule has 0 saturated heterocycles. The average molecular weight is 356 g/mol. The molecule has 0 heterocycles. The number of nitrogens with one attached hydrogen (secondary N) is 1. The summed E-state index contributed by atoms with van der Waals surface area (Å²) >= 11 is 3.21. The van der Waals surface area contributed by atoms with E-state index in [0.29, 0.717) is 16.6 Å². The Bertz CT molecular complexity index is 452. The second-order valence-electron chi connectivity index (χ2n) is 4.13. The van der Waals surface area contributed by atoms with Crippen molar-refractivity contribution < 1.29 is 22.6 Å². The minimum atomic E-state index is -4.41. The molecule has 1 N–H and O–H groups in total. The Hall–Kier alpha value is -0.950. The summed E-state index contributed by atoms with van der Waals surface area (Å²) in [5, 5.41) is 2.50. The van der Waals surface area contributed by atoms with Crippen LogP contribution < -0.4 is 14.8 Å². The molecule has 0 fully saturated rings. The molecule has 0 aliphatic carbocycles. The fraction of sp³-hybridized carbons (Fsp3) is 0.538. The number of benzene rings is 1. The SMILES string of the molecule is CCCNC(c1ccc(OC)c(Br)c1OC)C(F)(F)F. The standard InChI is InChI=1S/C13H17BrF3NO2/c1-4-7-18-12(13(15,16)17)8-5-6-9(19-2)10(14)11(8)20-3/h5-6,12,18H,4,7H2,1-3H3. The molecule has 0 aliphatic heterocycles. The Morgan fingerprint density at radius 3 is 2.35 bits per heavy atom. The molecule has 20 heavy (non-hydrogen) atoms. The summed E-state index contributed by atoms with van der Waals surface area (Å²) in [6.07, 6.45) is -3.80. The molecule has 1 aromatic rings. The van der Waals surface area contributed by atoms with E-state index in [1.165, 1.54) is 26.4 Å². The Kier molecular flexibility index (Phi) is 6.13. The highest BCUT2D eigenvalue weighted by atomic mass is 79.9. The van der Waals surface area contributed by atoms with Crippen LogP contribution in [0.25, 0.3) is 0 Å². The smallest absolute Gasteiger partial charge is 0.408 e. The minimum Gasteiger partial charge on any atom is -0.495 e. The molecule has 0 bridgehead atoms. The van der Waals surface area contributed by atoms with E-state index < -0.39 is 12.2 Å². The van der Waals surface area contributed by atoms with Gasteiger partial charge >= 0.3 is 6.18 Å². The van der Waals surface area contributed by atoms with Gasteiger partial charge in [0.25, 0.3) is 0 Å². The van der Waals surface area contributed by atoms with Gasteiger partial charge in [-0.15, -0.1) is 0 Å². The van der Waals surface area contributed by atoms with Gasteiger partial charge in [0, 0.05) is 5.56 Å². The molecular formula is C13H17BrF3NO2. The topological polar surface area (TPSA) is 30.5 Å². The first-order valence-electron chi connectivity index (χ1n) is 6.07. The van der Waals surface area contributed by atoms with Gasteiger partial charge in [-0.25, -0.2) is 0 Å². The Balaban J connectivity index is 3.29. The van der Waals surface area contributed by atoms with Crippen molar-refractivity contribution in [2.75, 3.05) is 20.8 Å². The van der Waals surface area contributed by atoms with Crippen molar-refractivity contribution >= 4 is 15.9 Å². The van der Waals surface area contributed by atoms with Crippen LogP contribution in [-0.4, -0.2) is 26.9 Å². The van der Waals surface area contributed by atoms with Crippen molar-refractivity contribution in [3.63, 3.8) is 0 Å². The maximum absolute atomic E-state index is 13.2. The van der Waals surface area contributed by atoms with Crippen LogP contribution >= 0.6 is 15.9 Å². The zero-order chi connectivity index (χ0) is 15.3. The van der Waals surface area contributed by atoms with Gasteiger partial charge in [-0.2, -0.15) is 13.2 Å². The van der Waals surface area contributed by atoms with Gasteiger partial charge in [-0.1, -0.05) is 6.92 Å². The van der Waals surface area contributed by atoms with Crippen LogP contribution in [-0.2, 0) is 0 Å². The van der Waals surface area contributed by atoms with E-state index in [1.807, 2.05) is 6.92 Å². The summed E-state index contributed by atoms with van der Waals surface area (Å²) in [4.78, 5) is 0. The van der Waals surface area contributed by atoms with Gasteiger partial charge in [0.2, 0.25) is 0 Å². The molecule has 0 saturated carbocycles. The normalized spacial score (nSPS) is 13.2. The van der Waals surface area contributed by atoms with Gasteiger partial charge < -0.3 is 14.8 Å². The highest BCUT2D eigenvalue weighted by Gasteiger charge is 2.42. The third kappa shape index (κ3) is 3.79. The molecule has 0 amide bonds. The number of hydrogen-bond donors (Lipinski definition) is 1. The van der Waals surface area contributed by atoms with Crippen LogP contribution in [0.15, 0.2) is 16.6 Å². The number of ether oxygens (including phenoxy) is 2. The van der Waals surface area contributed by atoms with E-state index in [4.69, 9.17) is 9.47 Å². The lowest BCUT2D eigenvalue weighted by Crippen LogP contribution is -2.35. The van der Waals surface area contributed by atoms with E-state index in [1.54, 1.807) is 0 Å². The summed E-state index contributed by atoms with van der Waals surface area (Å²) in [6, 6.07) is 1.07. The maximum atomic E-state index is 13.2. The first kappa shape index (κ1) is 17.1. The summed E-state index contributed by atoms with van der Waals surface area (Å²) in [5.74, 6) is 0.539. The molecule has 1 aromatic carbocycles. The monoisotopic (exact) mass is 355 g/mol. The summed E-state index contributed by atoms with van der Waals surface area (Å²) in [7, 11) is 2.77. The molecule has 7 heteroatoms. The van der Waals surface area contributed by atoms with Gasteiger partial charge in [0.05, 0.1) is 14.2 Å². The molecule has 114 valence electrons. The maximum Gasteiger partial charge on any atom is 0.408 e. The summed E-state index contributed by atoms with van der Waals surface area (Å²) in [5.41, 5.74) is 0.0288. The predicted molar refractivity (Wildman–Crippen MR) is 74.3 cm³/mol. The molecule has 0 radical (unpaired) electrons. The average Bonchev–Trinajstić information content (AvgIpc) is 2.38. The van der Waals surface area contributed by atoms with Crippen LogP contribution in [0.4, 0.5) is 13.2 Å². The van der Waals surface area contributed by atoms with Gasteiger partial charge in [0.1, 0.15) is 22.0 Å². The Morgan fingerprint density at radius 1 is 1.25 bits per heavy atom. The van der Waals surface area contributed by atoms with Crippen molar-refractivity contribution in [2.45, 2.75) is 25.6 Å². The third-order valence-corrected chi connectivity index (χ3v) is 3.50. The largest absolute Gasteiger partial charge is 0.495 e. The van der Waals surface area contributed by atoms with E-state index >= 15 is 0 Å². The minimum absolute atomic E-state index is 0.0288. The number of hydrogen-bond acceptors (Lipinski definition) is 3. The number of methoxy groups -OCH3 is 2. The molecular weight excluding hydrogens is 339 g/mol. The highest BCUT2D eigenvalue weighted by Crippen LogP contribution is 2.43. The molecule has 1 atom stereocenters. The summed E-state index contributed by atoms with van der Waals surface area (Å²) < 4.78 is 50.1. The fourth-order valence-corrected chi connectivity index (χ4v) is 2.52. The fourth-order valence-electron chi connectivity index (χ4n) is 1.84. The molecule has 1 rings (SSSR count). The molecule has 1 unspecified atom stereocenters. The van der Waals surface area contributed by atoms with E-state index in [2.05, 4.69) is 21.2 Å². The van der Waals surface area contributed by atoms with E-state index in [-0.39, 0.29) is 17.9 Å². The van der Waals surface area contributed by atoms with Gasteiger partial charge in [-0.3, -0.25) is 0 Å². The van der Waals surface area contributed by atoms with Crippen molar-refractivity contribution in [3.8, 4) is 11.5 Å². The van der Waals surface area contributed by atoms with Gasteiger partial charge in [0.15, 0.2) is 0 Å². The van der Waals surface area contributed by atoms with Crippen molar-refractivity contribution in [1.82, 2.24) is 5.32 Å². The van der Waals surface area contributed by atoms with Crippen molar-refractivity contribution in [3.05, 3.63) is 22.2 Å². The second kappa shape index (κ2) is 7.17. The Morgan fingerprint density at radius 2 is 1.90 bits per heavy atom. The van der Waals surface area contributed by atoms with Crippen molar-refractivity contribution in [1.29, 1.82) is 0 Å². The van der Waals surface area contributed by atoms with Crippen molar-refractivity contribution in [2.24, 2.45) is 0 Å².